The molecule has 1 aromatic carbocycles. The van der Waals surface area contributed by atoms with Gasteiger partial charge >= 0.3 is 0 Å². The minimum atomic E-state index is -0.426. The maximum Gasteiger partial charge on any atom is 0.255 e. The Kier molecular flexibility index (Phi) is 5.06. The second-order valence-electron chi connectivity index (χ2n) is 5.56. The van der Waals surface area contributed by atoms with Crippen LogP contribution in [0.1, 0.15) is 23.2 Å². The van der Waals surface area contributed by atoms with Crippen molar-refractivity contribution >= 4 is 18.3 Å². The number of piperidine rings is 3. The summed E-state index contributed by atoms with van der Waals surface area (Å²) in [5.74, 6) is 0.277. The SMILES string of the molecule is COc1ccc(F)cc1C(=O)NC1CN2CCC1CC2.Cl. The van der Waals surface area contributed by atoms with Crippen LogP contribution in [0.25, 0.3) is 0 Å². The van der Waals surface area contributed by atoms with Crippen LogP contribution in [0.15, 0.2) is 18.2 Å². The molecule has 1 atom stereocenters. The zero-order valence-corrected chi connectivity index (χ0v) is 12.8. The van der Waals surface area contributed by atoms with E-state index in [0.717, 1.165) is 32.5 Å². The minimum Gasteiger partial charge on any atom is -0.496 e. The van der Waals surface area contributed by atoms with Crippen LogP contribution in [-0.2, 0) is 0 Å². The van der Waals surface area contributed by atoms with Gasteiger partial charge in [0, 0.05) is 12.6 Å². The van der Waals surface area contributed by atoms with E-state index >= 15 is 0 Å². The van der Waals surface area contributed by atoms with E-state index in [4.69, 9.17) is 4.74 Å². The normalized spacial score (nSPS) is 26.9. The molecule has 0 radical (unpaired) electrons. The molecule has 3 aliphatic heterocycles. The van der Waals surface area contributed by atoms with Gasteiger partial charge in [-0.15, -0.1) is 12.4 Å². The third-order valence-electron chi connectivity index (χ3n) is 4.38. The van der Waals surface area contributed by atoms with Gasteiger partial charge in [0.2, 0.25) is 0 Å². The van der Waals surface area contributed by atoms with Crippen molar-refractivity contribution in [3.05, 3.63) is 29.6 Å². The lowest BCUT2D eigenvalue weighted by molar-refractivity contribution is 0.0618. The van der Waals surface area contributed by atoms with E-state index < -0.39 is 5.82 Å². The third-order valence-corrected chi connectivity index (χ3v) is 4.38. The number of hydrogen-bond acceptors (Lipinski definition) is 3. The number of benzene rings is 1. The number of carbonyl (C=O) groups excluding carboxylic acids is 1. The molecule has 4 rings (SSSR count). The van der Waals surface area contributed by atoms with Crippen LogP contribution in [0.2, 0.25) is 0 Å². The average molecular weight is 315 g/mol. The molecule has 0 spiro atoms. The molecule has 6 heteroatoms. The summed E-state index contributed by atoms with van der Waals surface area (Å²) in [4.78, 5) is 14.7. The molecule has 3 fully saturated rings. The van der Waals surface area contributed by atoms with Gasteiger partial charge in [-0.1, -0.05) is 0 Å². The van der Waals surface area contributed by atoms with Gasteiger partial charge in [-0.05, 0) is 50.0 Å². The van der Waals surface area contributed by atoms with Crippen LogP contribution in [0.5, 0.6) is 5.75 Å². The number of fused-ring (bicyclic) bond motifs is 3. The molecule has 3 heterocycles. The van der Waals surface area contributed by atoms with E-state index in [1.54, 1.807) is 0 Å². The van der Waals surface area contributed by atoms with Crippen molar-refractivity contribution < 1.29 is 13.9 Å². The number of nitrogens with one attached hydrogen (secondary N) is 1. The van der Waals surface area contributed by atoms with Crippen molar-refractivity contribution in [2.75, 3.05) is 26.7 Å². The lowest BCUT2D eigenvalue weighted by Gasteiger charge is -2.44. The first-order chi connectivity index (χ1) is 9.67. The molecule has 21 heavy (non-hydrogen) atoms. The zero-order chi connectivity index (χ0) is 14.1. The fraction of sp³-hybridized carbons (Fsp3) is 0.533. The molecule has 0 saturated carbocycles. The minimum absolute atomic E-state index is 0. The largest absolute Gasteiger partial charge is 0.496 e. The molecule has 1 N–H and O–H groups in total. The highest BCUT2D eigenvalue weighted by Gasteiger charge is 2.35. The molecule has 0 aromatic heterocycles. The Morgan fingerprint density at radius 1 is 1.38 bits per heavy atom. The molecule has 1 aromatic rings. The Hall–Kier alpha value is -1.33. The van der Waals surface area contributed by atoms with Gasteiger partial charge in [-0.2, -0.15) is 0 Å². The molecule has 0 aliphatic carbocycles. The second kappa shape index (κ2) is 6.62. The molecule has 116 valence electrons. The third kappa shape index (κ3) is 3.30. The van der Waals surface area contributed by atoms with Gasteiger partial charge in [-0.25, -0.2) is 4.39 Å². The predicted molar refractivity (Wildman–Crippen MR) is 80.6 cm³/mol. The highest BCUT2D eigenvalue weighted by atomic mass is 35.5. The molecule has 3 saturated heterocycles. The summed E-state index contributed by atoms with van der Waals surface area (Å²) in [6, 6.07) is 4.18. The summed E-state index contributed by atoms with van der Waals surface area (Å²) >= 11 is 0. The number of amides is 1. The Labute approximate surface area is 130 Å². The summed E-state index contributed by atoms with van der Waals surface area (Å²) in [5, 5.41) is 3.04. The number of halogens is 2. The second-order valence-corrected chi connectivity index (χ2v) is 5.56. The van der Waals surface area contributed by atoms with Crippen LogP contribution >= 0.6 is 12.4 Å². The number of hydrogen-bond donors (Lipinski definition) is 1. The van der Waals surface area contributed by atoms with E-state index in [1.165, 1.54) is 25.3 Å². The number of carbonyl (C=O) groups is 1. The number of ether oxygens (including phenoxy) is 1. The van der Waals surface area contributed by atoms with Crippen molar-refractivity contribution in [3.8, 4) is 5.75 Å². The van der Waals surface area contributed by atoms with Crippen molar-refractivity contribution in [1.29, 1.82) is 0 Å². The molecule has 1 amide bonds. The van der Waals surface area contributed by atoms with Gasteiger partial charge in [0.25, 0.3) is 5.91 Å². The molecule has 4 nitrogen and oxygen atoms in total. The topological polar surface area (TPSA) is 41.6 Å². The Morgan fingerprint density at radius 2 is 2.10 bits per heavy atom. The zero-order valence-electron chi connectivity index (χ0n) is 12.0. The number of rotatable bonds is 3. The summed E-state index contributed by atoms with van der Waals surface area (Å²) in [6.45, 7) is 3.15. The molecular formula is C15H20ClFN2O2. The first-order valence-corrected chi connectivity index (χ1v) is 7.04. The highest BCUT2D eigenvalue weighted by molar-refractivity contribution is 5.97. The summed E-state index contributed by atoms with van der Waals surface area (Å²) in [6.07, 6.45) is 2.26. The van der Waals surface area contributed by atoms with Crippen molar-refractivity contribution in [3.63, 3.8) is 0 Å². The molecule has 1 unspecified atom stereocenters. The Balaban J connectivity index is 0.00000161. The van der Waals surface area contributed by atoms with Crippen LogP contribution in [-0.4, -0.2) is 43.6 Å². The lowest BCUT2D eigenvalue weighted by atomic mass is 9.84. The van der Waals surface area contributed by atoms with Crippen molar-refractivity contribution in [2.45, 2.75) is 18.9 Å². The van der Waals surface area contributed by atoms with Gasteiger partial charge < -0.3 is 15.0 Å². The molecule has 3 aliphatic rings. The van der Waals surface area contributed by atoms with E-state index in [0.29, 0.717) is 11.7 Å². The standard InChI is InChI=1S/C15H19FN2O2.ClH/c1-20-14-3-2-11(16)8-12(14)15(19)17-13-9-18-6-4-10(13)5-7-18;/h2-3,8,10,13H,4-7,9H2,1H3,(H,17,19);1H. The van der Waals surface area contributed by atoms with Crippen molar-refractivity contribution in [1.82, 2.24) is 10.2 Å². The smallest absolute Gasteiger partial charge is 0.255 e. The van der Waals surface area contributed by atoms with Gasteiger partial charge in [0.05, 0.1) is 12.7 Å². The Morgan fingerprint density at radius 3 is 2.67 bits per heavy atom. The fourth-order valence-electron chi connectivity index (χ4n) is 3.23. The van der Waals surface area contributed by atoms with Crippen LogP contribution in [0.3, 0.4) is 0 Å². The average Bonchev–Trinajstić information content (AvgIpc) is 2.48. The summed E-state index contributed by atoms with van der Waals surface area (Å²) in [7, 11) is 1.48. The highest BCUT2D eigenvalue weighted by Crippen LogP contribution is 2.28. The molecule has 2 bridgehead atoms. The summed E-state index contributed by atoms with van der Waals surface area (Å²) < 4.78 is 18.5. The van der Waals surface area contributed by atoms with Gasteiger partial charge in [-0.3, -0.25) is 4.79 Å². The van der Waals surface area contributed by atoms with Crippen LogP contribution < -0.4 is 10.1 Å². The van der Waals surface area contributed by atoms with E-state index in [-0.39, 0.29) is 29.9 Å². The first-order valence-electron chi connectivity index (χ1n) is 7.04. The maximum atomic E-state index is 13.3. The number of nitrogens with zero attached hydrogens (tertiary/aromatic N) is 1. The lowest BCUT2D eigenvalue weighted by Crippen LogP contribution is -2.57. The van der Waals surface area contributed by atoms with E-state index in [9.17, 15) is 9.18 Å². The van der Waals surface area contributed by atoms with E-state index in [1.807, 2.05) is 0 Å². The molecular weight excluding hydrogens is 295 g/mol. The van der Waals surface area contributed by atoms with Crippen LogP contribution in [0, 0.1) is 11.7 Å². The monoisotopic (exact) mass is 314 g/mol. The quantitative estimate of drug-likeness (QED) is 0.929. The van der Waals surface area contributed by atoms with E-state index in [2.05, 4.69) is 10.2 Å². The van der Waals surface area contributed by atoms with Gasteiger partial charge in [0.15, 0.2) is 0 Å². The van der Waals surface area contributed by atoms with Crippen molar-refractivity contribution in [2.24, 2.45) is 5.92 Å². The van der Waals surface area contributed by atoms with Crippen LogP contribution in [0.4, 0.5) is 4.39 Å². The maximum absolute atomic E-state index is 13.3. The Bertz CT molecular complexity index is 518. The predicted octanol–water partition coefficient (Wildman–Crippen LogP) is 2.08. The summed E-state index contributed by atoms with van der Waals surface area (Å²) in [5.41, 5.74) is 0.268. The van der Waals surface area contributed by atoms with Gasteiger partial charge in [0.1, 0.15) is 11.6 Å². The fourth-order valence-corrected chi connectivity index (χ4v) is 3.23. The first kappa shape index (κ1) is 16.0. The number of methoxy groups -OCH3 is 1.